The molecular weight excluding hydrogens is 392 g/mol. The molecule has 1 aliphatic rings. The fourth-order valence-electron chi connectivity index (χ4n) is 3.92. The van der Waals surface area contributed by atoms with E-state index in [4.69, 9.17) is 0 Å². The van der Waals surface area contributed by atoms with Crippen molar-refractivity contribution in [1.29, 1.82) is 0 Å². The minimum absolute atomic E-state index is 0.0157. The Morgan fingerprint density at radius 3 is 2.50 bits per heavy atom. The number of hydrogen-bond acceptors (Lipinski definition) is 4. The summed E-state index contributed by atoms with van der Waals surface area (Å²) in [6.07, 6.45) is 4.61. The molecule has 1 N–H and O–H groups in total. The van der Waals surface area contributed by atoms with Gasteiger partial charge in [0.25, 0.3) is 5.91 Å². The SMILES string of the molecule is CCN(CC)S(=O)(=O)c1cccc(C(=O)NC(c2cccs2)C2CCCC2)c1. The van der Waals surface area contributed by atoms with E-state index in [9.17, 15) is 13.2 Å². The Morgan fingerprint density at radius 1 is 1.18 bits per heavy atom. The van der Waals surface area contributed by atoms with Crippen LogP contribution in [-0.4, -0.2) is 31.7 Å². The molecular formula is C21H28N2O3S2. The number of nitrogens with zero attached hydrogens (tertiary/aromatic N) is 1. The average Bonchev–Trinajstić information content (AvgIpc) is 3.41. The lowest BCUT2D eigenvalue weighted by atomic mass is 9.96. The maximum Gasteiger partial charge on any atom is 0.251 e. The molecule has 1 atom stereocenters. The summed E-state index contributed by atoms with van der Waals surface area (Å²) in [7, 11) is -3.59. The van der Waals surface area contributed by atoms with Gasteiger partial charge in [0, 0.05) is 23.5 Å². The number of amides is 1. The third-order valence-electron chi connectivity index (χ3n) is 5.45. The zero-order valence-corrected chi connectivity index (χ0v) is 18.1. The van der Waals surface area contributed by atoms with Crippen molar-refractivity contribution in [3.05, 3.63) is 52.2 Å². The normalized spacial score (nSPS) is 16.4. The number of rotatable bonds is 8. The van der Waals surface area contributed by atoms with E-state index in [1.165, 1.54) is 23.2 Å². The highest BCUT2D eigenvalue weighted by molar-refractivity contribution is 7.89. The first-order valence-corrected chi connectivity index (χ1v) is 12.2. The number of nitrogens with one attached hydrogen (secondary N) is 1. The second kappa shape index (κ2) is 9.20. The monoisotopic (exact) mass is 420 g/mol. The predicted molar refractivity (Wildman–Crippen MR) is 113 cm³/mol. The smallest absolute Gasteiger partial charge is 0.251 e. The van der Waals surface area contributed by atoms with Gasteiger partial charge in [0.15, 0.2) is 0 Å². The molecule has 28 heavy (non-hydrogen) atoms. The minimum Gasteiger partial charge on any atom is -0.344 e. The van der Waals surface area contributed by atoms with Crippen molar-refractivity contribution in [2.45, 2.75) is 50.5 Å². The van der Waals surface area contributed by atoms with Crippen molar-refractivity contribution >= 4 is 27.3 Å². The fraction of sp³-hybridized carbons (Fsp3) is 0.476. The molecule has 1 heterocycles. The highest BCUT2D eigenvalue weighted by Crippen LogP contribution is 2.37. The average molecular weight is 421 g/mol. The largest absolute Gasteiger partial charge is 0.344 e. The number of carbonyl (C=O) groups excluding carboxylic acids is 1. The van der Waals surface area contributed by atoms with Crippen LogP contribution >= 0.6 is 11.3 Å². The van der Waals surface area contributed by atoms with Crippen LogP contribution in [-0.2, 0) is 10.0 Å². The number of hydrogen-bond donors (Lipinski definition) is 1. The van der Waals surface area contributed by atoms with Crippen molar-refractivity contribution in [2.24, 2.45) is 5.92 Å². The summed E-state index contributed by atoms with van der Waals surface area (Å²) in [5, 5.41) is 5.21. The molecule has 1 saturated carbocycles. The van der Waals surface area contributed by atoms with Crippen LogP contribution in [0.1, 0.15) is 60.8 Å². The molecule has 1 aromatic carbocycles. The summed E-state index contributed by atoms with van der Waals surface area (Å²) in [4.78, 5) is 14.3. The highest BCUT2D eigenvalue weighted by Gasteiger charge is 2.29. The molecule has 3 rings (SSSR count). The van der Waals surface area contributed by atoms with Crippen LogP contribution in [0.5, 0.6) is 0 Å². The summed E-state index contributed by atoms with van der Waals surface area (Å²) < 4.78 is 27.0. The first kappa shape index (κ1) is 21.0. The minimum atomic E-state index is -3.59. The van der Waals surface area contributed by atoms with E-state index in [0.717, 1.165) is 17.7 Å². The summed E-state index contributed by atoms with van der Waals surface area (Å²) in [6, 6.07) is 10.4. The molecule has 0 bridgehead atoms. The van der Waals surface area contributed by atoms with Crippen molar-refractivity contribution in [1.82, 2.24) is 9.62 Å². The Morgan fingerprint density at radius 2 is 1.89 bits per heavy atom. The summed E-state index contributed by atoms with van der Waals surface area (Å²) in [6.45, 7) is 4.42. The van der Waals surface area contributed by atoms with Gasteiger partial charge >= 0.3 is 0 Å². The molecule has 2 aromatic rings. The van der Waals surface area contributed by atoms with Crippen LogP contribution in [0.25, 0.3) is 0 Å². The molecule has 0 spiro atoms. The van der Waals surface area contributed by atoms with Gasteiger partial charge in [-0.05, 0) is 48.4 Å². The second-order valence-electron chi connectivity index (χ2n) is 7.13. The van der Waals surface area contributed by atoms with Gasteiger partial charge in [-0.2, -0.15) is 4.31 Å². The lowest BCUT2D eigenvalue weighted by Crippen LogP contribution is -2.33. The molecule has 1 aromatic heterocycles. The van der Waals surface area contributed by atoms with Gasteiger partial charge in [-0.1, -0.05) is 38.8 Å². The molecule has 152 valence electrons. The van der Waals surface area contributed by atoms with Gasteiger partial charge in [-0.3, -0.25) is 4.79 Å². The van der Waals surface area contributed by atoms with Gasteiger partial charge < -0.3 is 5.32 Å². The van der Waals surface area contributed by atoms with E-state index < -0.39 is 10.0 Å². The van der Waals surface area contributed by atoms with E-state index >= 15 is 0 Å². The van der Waals surface area contributed by atoms with E-state index in [-0.39, 0.29) is 16.8 Å². The maximum absolute atomic E-state index is 13.0. The molecule has 0 saturated heterocycles. The maximum atomic E-state index is 13.0. The van der Waals surface area contributed by atoms with Crippen molar-refractivity contribution in [3.8, 4) is 0 Å². The van der Waals surface area contributed by atoms with Gasteiger partial charge in [0.1, 0.15) is 0 Å². The molecule has 5 nitrogen and oxygen atoms in total. The Kier molecular flexibility index (Phi) is 6.91. The van der Waals surface area contributed by atoms with Crippen LogP contribution in [0.4, 0.5) is 0 Å². The van der Waals surface area contributed by atoms with Crippen LogP contribution < -0.4 is 5.32 Å². The van der Waals surface area contributed by atoms with E-state index in [1.54, 1.807) is 29.5 Å². The van der Waals surface area contributed by atoms with Crippen molar-refractivity contribution in [3.63, 3.8) is 0 Å². The van der Waals surface area contributed by atoms with E-state index in [1.807, 2.05) is 25.3 Å². The first-order chi connectivity index (χ1) is 13.5. The Bertz CT molecular complexity index is 884. The van der Waals surface area contributed by atoms with Crippen LogP contribution in [0, 0.1) is 5.92 Å². The summed E-state index contributed by atoms with van der Waals surface area (Å²) >= 11 is 1.66. The molecule has 1 aliphatic carbocycles. The zero-order chi connectivity index (χ0) is 20.1. The Hall–Kier alpha value is -1.70. The first-order valence-electron chi connectivity index (χ1n) is 9.91. The zero-order valence-electron chi connectivity index (χ0n) is 16.4. The van der Waals surface area contributed by atoms with Gasteiger partial charge in [0.2, 0.25) is 10.0 Å². The lowest BCUT2D eigenvalue weighted by molar-refractivity contribution is 0.0922. The topological polar surface area (TPSA) is 66.5 Å². The molecule has 1 amide bonds. The van der Waals surface area contributed by atoms with Crippen molar-refractivity contribution in [2.75, 3.05) is 13.1 Å². The standard InChI is InChI=1S/C21H28N2O3S2/c1-3-23(4-2)28(25,26)18-12-7-11-17(15-18)21(24)22-20(16-9-5-6-10-16)19-13-8-14-27-19/h7-8,11-16,20H,3-6,9-10H2,1-2H3,(H,22,24). The number of sulfonamides is 1. The fourth-order valence-corrected chi connectivity index (χ4v) is 6.29. The lowest BCUT2D eigenvalue weighted by Gasteiger charge is -2.24. The van der Waals surface area contributed by atoms with E-state index in [0.29, 0.717) is 24.6 Å². The molecule has 1 unspecified atom stereocenters. The summed E-state index contributed by atoms with van der Waals surface area (Å²) in [5.41, 5.74) is 0.382. The third kappa shape index (κ3) is 4.47. The molecule has 0 aliphatic heterocycles. The molecule has 7 heteroatoms. The predicted octanol–water partition coefficient (Wildman–Crippen LogP) is 4.44. The molecule has 0 radical (unpaired) electrons. The van der Waals surface area contributed by atoms with Crippen LogP contribution in [0.2, 0.25) is 0 Å². The number of thiophene rings is 1. The highest BCUT2D eigenvalue weighted by atomic mass is 32.2. The van der Waals surface area contributed by atoms with Gasteiger partial charge in [-0.25, -0.2) is 8.42 Å². The van der Waals surface area contributed by atoms with Crippen LogP contribution in [0.3, 0.4) is 0 Å². The van der Waals surface area contributed by atoms with Gasteiger partial charge in [-0.15, -0.1) is 11.3 Å². The van der Waals surface area contributed by atoms with E-state index in [2.05, 4.69) is 11.4 Å². The quantitative estimate of drug-likeness (QED) is 0.686. The second-order valence-corrected chi connectivity index (χ2v) is 10.0. The summed E-state index contributed by atoms with van der Waals surface area (Å²) in [5.74, 6) is 0.215. The Labute approximate surface area is 171 Å². The Balaban J connectivity index is 1.84. The number of carbonyl (C=O) groups is 1. The van der Waals surface area contributed by atoms with Gasteiger partial charge in [0.05, 0.1) is 10.9 Å². The van der Waals surface area contributed by atoms with Crippen LogP contribution in [0.15, 0.2) is 46.7 Å². The third-order valence-corrected chi connectivity index (χ3v) is 8.45. The number of benzene rings is 1. The van der Waals surface area contributed by atoms with Crippen molar-refractivity contribution < 1.29 is 13.2 Å². The molecule has 1 fully saturated rings.